The number of nitrogens with zero attached hydrogens (tertiary/aromatic N) is 1. The van der Waals surface area contributed by atoms with Crippen LogP contribution in [0.25, 0.3) is 0 Å². The highest BCUT2D eigenvalue weighted by molar-refractivity contribution is 7.99. The Labute approximate surface area is 160 Å². The number of rotatable bonds is 5. The zero-order valence-corrected chi connectivity index (χ0v) is 16.7. The van der Waals surface area contributed by atoms with Gasteiger partial charge in [0.2, 0.25) is 0 Å². The molecule has 2 amide bonds. The fourth-order valence-electron chi connectivity index (χ4n) is 2.74. The summed E-state index contributed by atoms with van der Waals surface area (Å²) >= 11 is 1.58. The maximum absolute atomic E-state index is 12.7. The number of ether oxygens (including phenoxy) is 1. The van der Waals surface area contributed by atoms with Crippen LogP contribution in [0.3, 0.4) is 0 Å². The van der Waals surface area contributed by atoms with Crippen molar-refractivity contribution >= 4 is 35.1 Å². The van der Waals surface area contributed by atoms with Gasteiger partial charge in [0.25, 0.3) is 11.7 Å². The van der Waals surface area contributed by atoms with Gasteiger partial charge in [-0.25, -0.2) is 4.79 Å². The van der Waals surface area contributed by atoms with E-state index in [0.717, 1.165) is 12.8 Å². The third-order valence-electron chi connectivity index (χ3n) is 3.78. The van der Waals surface area contributed by atoms with Crippen LogP contribution in [0, 0.1) is 5.92 Å². The minimum absolute atomic E-state index is 0.117. The molecule has 1 unspecified atom stereocenters. The highest BCUT2D eigenvalue weighted by Crippen LogP contribution is 2.33. The van der Waals surface area contributed by atoms with Gasteiger partial charge in [-0.05, 0) is 51.0 Å². The standard InChI is InChI=1S/C17H24F2N2O3S2/c1-17(2,3)24-16(23)20-9-11-5-4-7-21(10-11)14(22)13-12(6-8-25-13)26-15(18)19/h6,8,11,15H,4-5,7,9-10H2,1-3H3,(H,20,23). The van der Waals surface area contributed by atoms with Crippen LogP contribution in [0.4, 0.5) is 13.6 Å². The molecule has 146 valence electrons. The number of amides is 2. The van der Waals surface area contributed by atoms with Gasteiger partial charge in [0, 0.05) is 24.5 Å². The van der Waals surface area contributed by atoms with Crippen LogP contribution < -0.4 is 5.32 Å². The lowest BCUT2D eigenvalue weighted by Gasteiger charge is -2.33. The number of alkyl halides is 2. The average Bonchev–Trinajstić information content (AvgIpc) is 2.98. The Morgan fingerprint density at radius 1 is 1.46 bits per heavy atom. The molecule has 1 fully saturated rings. The van der Waals surface area contributed by atoms with Crippen LogP contribution in [-0.2, 0) is 4.74 Å². The molecular weight excluding hydrogens is 382 g/mol. The number of halogens is 2. The molecule has 1 atom stereocenters. The molecule has 2 heterocycles. The predicted molar refractivity (Wildman–Crippen MR) is 99.0 cm³/mol. The summed E-state index contributed by atoms with van der Waals surface area (Å²) in [5.41, 5.74) is -0.559. The van der Waals surface area contributed by atoms with Crippen molar-refractivity contribution in [3.8, 4) is 0 Å². The number of likely N-dealkylation sites (tertiary alicyclic amines) is 1. The average molecular weight is 407 g/mol. The third-order valence-corrected chi connectivity index (χ3v) is 5.58. The third kappa shape index (κ3) is 6.42. The van der Waals surface area contributed by atoms with E-state index in [1.54, 1.807) is 37.1 Å². The molecule has 0 radical (unpaired) electrons. The van der Waals surface area contributed by atoms with Crippen LogP contribution >= 0.6 is 23.1 Å². The molecule has 1 aromatic rings. The van der Waals surface area contributed by atoms with E-state index in [4.69, 9.17) is 4.74 Å². The summed E-state index contributed by atoms with van der Waals surface area (Å²) in [6, 6.07) is 1.56. The summed E-state index contributed by atoms with van der Waals surface area (Å²) in [5, 5.41) is 4.40. The predicted octanol–water partition coefficient (Wildman–Crippen LogP) is 4.44. The van der Waals surface area contributed by atoms with Crippen LogP contribution in [-0.4, -0.2) is 47.9 Å². The van der Waals surface area contributed by atoms with Gasteiger partial charge in [-0.3, -0.25) is 4.79 Å². The van der Waals surface area contributed by atoms with Gasteiger partial charge >= 0.3 is 6.09 Å². The van der Waals surface area contributed by atoms with Crippen LogP contribution in [0.5, 0.6) is 0 Å². The molecule has 5 nitrogen and oxygen atoms in total. The van der Waals surface area contributed by atoms with Gasteiger partial charge in [0.15, 0.2) is 0 Å². The molecule has 9 heteroatoms. The number of carbonyl (C=O) groups excluding carboxylic acids is 2. The lowest BCUT2D eigenvalue weighted by atomic mass is 9.98. The van der Waals surface area contributed by atoms with E-state index < -0.39 is 17.5 Å². The van der Waals surface area contributed by atoms with Crippen molar-refractivity contribution in [2.24, 2.45) is 5.92 Å². The molecular formula is C17H24F2N2O3S2. The van der Waals surface area contributed by atoms with Crippen molar-refractivity contribution in [3.05, 3.63) is 16.3 Å². The number of piperidine rings is 1. The van der Waals surface area contributed by atoms with Gasteiger partial charge in [0.1, 0.15) is 10.5 Å². The fraction of sp³-hybridized carbons (Fsp3) is 0.647. The first kappa shape index (κ1) is 21.0. The SMILES string of the molecule is CC(C)(C)OC(=O)NCC1CCCN(C(=O)c2sccc2SC(F)F)C1. The van der Waals surface area contributed by atoms with Crippen LogP contribution in [0.15, 0.2) is 16.3 Å². The Morgan fingerprint density at radius 2 is 2.19 bits per heavy atom. The van der Waals surface area contributed by atoms with E-state index in [0.29, 0.717) is 41.2 Å². The first-order valence-electron chi connectivity index (χ1n) is 8.44. The van der Waals surface area contributed by atoms with E-state index >= 15 is 0 Å². The second-order valence-electron chi connectivity index (χ2n) is 7.13. The summed E-state index contributed by atoms with van der Waals surface area (Å²) < 4.78 is 30.5. The Hall–Kier alpha value is -1.35. The van der Waals surface area contributed by atoms with Crippen molar-refractivity contribution in [2.45, 2.75) is 49.9 Å². The van der Waals surface area contributed by atoms with E-state index in [9.17, 15) is 18.4 Å². The molecule has 26 heavy (non-hydrogen) atoms. The Morgan fingerprint density at radius 3 is 2.85 bits per heavy atom. The van der Waals surface area contributed by atoms with Gasteiger partial charge < -0.3 is 15.0 Å². The molecule has 1 aliphatic rings. The number of thioether (sulfide) groups is 1. The maximum Gasteiger partial charge on any atom is 0.407 e. The van der Waals surface area contributed by atoms with Gasteiger partial charge in [-0.1, -0.05) is 11.8 Å². The van der Waals surface area contributed by atoms with E-state index in [-0.39, 0.29) is 11.8 Å². The molecule has 2 rings (SSSR count). The Kier molecular flexibility index (Phi) is 7.28. The maximum atomic E-state index is 12.7. The molecule has 1 saturated heterocycles. The molecule has 0 spiro atoms. The van der Waals surface area contributed by atoms with E-state index in [1.807, 2.05) is 0 Å². The number of hydrogen-bond acceptors (Lipinski definition) is 5. The van der Waals surface area contributed by atoms with Gasteiger partial charge in [0.05, 0.1) is 0 Å². The lowest BCUT2D eigenvalue weighted by molar-refractivity contribution is 0.0503. The monoisotopic (exact) mass is 406 g/mol. The van der Waals surface area contributed by atoms with Gasteiger partial charge in [-0.15, -0.1) is 11.3 Å². The number of thiophene rings is 1. The molecule has 0 aromatic carbocycles. The van der Waals surface area contributed by atoms with Gasteiger partial charge in [-0.2, -0.15) is 8.78 Å². The normalized spacial score (nSPS) is 18.1. The highest BCUT2D eigenvalue weighted by Gasteiger charge is 2.28. The van der Waals surface area contributed by atoms with Crippen LogP contribution in [0.1, 0.15) is 43.3 Å². The molecule has 1 N–H and O–H groups in total. The van der Waals surface area contributed by atoms with E-state index in [2.05, 4.69) is 5.32 Å². The molecule has 0 bridgehead atoms. The summed E-state index contributed by atoms with van der Waals surface area (Å²) in [4.78, 5) is 26.8. The minimum Gasteiger partial charge on any atom is -0.444 e. The molecule has 1 aromatic heterocycles. The topological polar surface area (TPSA) is 58.6 Å². The molecule has 0 aliphatic carbocycles. The first-order chi connectivity index (χ1) is 12.2. The minimum atomic E-state index is -2.55. The number of hydrogen-bond donors (Lipinski definition) is 1. The van der Waals surface area contributed by atoms with Crippen molar-refractivity contribution in [3.63, 3.8) is 0 Å². The van der Waals surface area contributed by atoms with Crippen molar-refractivity contribution < 1.29 is 23.1 Å². The Bertz CT molecular complexity index is 632. The Balaban J connectivity index is 1.90. The summed E-state index contributed by atoms with van der Waals surface area (Å²) in [7, 11) is 0. The summed E-state index contributed by atoms with van der Waals surface area (Å²) in [6.07, 6.45) is 1.23. The second kappa shape index (κ2) is 9.03. The number of carbonyl (C=O) groups is 2. The first-order valence-corrected chi connectivity index (χ1v) is 10.2. The van der Waals surface area contributed by atoms with Crippen LogP contribution in [0.2, 0.25) is 0 Å². The highest BCUT2D eigenvalue weighted by atomic mass is 32.2. The quantitative estimate of drug-likeness (QED) is 0.735. The summed E-state index contributed by atoms with van der Waals surface area (Å²) in [6.45, 7) is 6.89. The van der Waals surface area contributed by atoms with Crippen molar-refractivity contribution in [1.29, 1.82) is 0 Å². The molecule has 1 aliphatic heterocycles. The van der Waals surface area contributed by atoms with Crippen molar-refractivity contribution in [1.82, 2.24) is 10.2 Å². The zero-order chi connectivity index (χ0) is 19.3. The molecule has 0 saturated carbocycles. The zero-order valence-electron chi connectivity index (χ0n) is 15.1. The largest absolute Gasteiger partial charge is 0.444 e. The number of nitrogens with one attached hydrogen (secondary N) is 1. The lowest BCUT2D eigenvalue weighted by Crippen LogP contribution is -2.44. The smallest absolute Gasteiger partial charge is 0.407 e. The van der Waals surface area contributed by atoms with Crippen molar-refractivity contribution in [2.75, 3.05) is 19.6 Å². The fourth-order valence-corrected chi connectivity index (χ4v) is 4.41. The summed E-state index contributed by atoms with van der Waals surface area (Å²) in [5.74, 6) is -2.65. The number of alkyl carbamates (subject to hydrolysis) is 1. The van der Waals surface area contributed by atoms with E-state index in [1.165, 1.54) is 11.3 Å². The second-order valence-corrected chi connectivity index (χ2v) is 9.08.